The van der Waals surface area contributed by atoms with E-state index in [2.05, 4.69) is 0 Å². The summed E-state index contributed by atoms with van der Waals surface area (Å²) in [6.45, 7) is 0. The van der Waals surface area contributed by atoms with Crippen LogP contribution in [-0.4, -0.2) is 11.0 Å². The first-order chi connectivity index (χ1) is 5.68. The summed E-state index contributed by atoms with van der Waals surface area (Å²) in [5, 5.41) is 9.29. The Morgan fingerprint density at radius 3 is 2.75 bits per heavy atom. The van der Waals surface area contributed by atoms with Crippen molar-refractivity contribution in [2.24, 2.45) is 5.73 Å². The van der Waals surface area contributed by atoms with Crippen molar-refractivity contribution in [2.45, 2.75) is 18.8 Å². The molecule has 0 unspecified atom stereocenters. The monoisotopic (exact) mass is 183 g/mol. The predicted molar refractivity (Wildman–Crippen MR) is 46.5 cm³/mol. The molecule has 2 rings (SSSR count). The molecule has 1 aliphatic rings. The van der Waals surface area contributed by atoms with Crippen LogP contribution in [-0.2, 0) is 0 Å². The molecule has 64 valence electrons. The first kappa shape index (κ1) is 7.61. The third kappa shape index (κ3) is 1.18. The lowest BCUT2D eigenvalue weighted by molar-refractivity contribution is 0.100. The molecule has 1 fully saturated rings. The van der Waals surface area contributed by atoms with Gasteiger partial charge in [-0.15, -0.1) is 11.3 Å². The fourth-order valence-electron chi connectivity index (χ4n) is 1.15. The van der Waals surface area contributed by atoms with Gasteiger partial charge in [0.1, 0.15) is 10.6 Å². The molecule has 0 aliphatic heterocycles. The van der Waals surface area contributed by atoms with Gasteiger partial charge in [-0.3, -0.25) is 4.79 Å². The van der Waals surface area contributed by atoms with Crippen LogP contribution in [0.4, 0.5) is 0 Å². The van der Waals surface area contributed by atoms with Crippen molar-refractivity contribution in [3.63, 3.8) is 0 Å². The summed E-state index contributed by atoms with van der Waals surface area (Å²) in [4.78, 5) is 12.1. The first-order valence-corrected chi connectivity index (χ1v) is 4.62. The van der Waals surface area contributed by atoms with Crippen LogP contribution >= 0.6 is 11.3 Å². The SMILES string of the molecule is NC(=O)c1sc(C2CC2)cc1O. The van der Waals surface area contributed by atoms with E-state index in [0.29, 0.717) is 5.92 Å². The highest BCUT2D eigenvalue weighted by atomic mass is 32.1. The minimum absolute atomic E-state index is 0.0365. The van der Waals surface area contributed by atoms with E-state index in [1.807, 2.05) is 0 Å². The van der Waals surface area contributed by atoms with Gasteiger partial charge in [-0.2, -0.15) is 0 Å². The summed E-state index contributed by atoms with van der Waals surface area (Å²) in [6.07, 6.45) is 2.33. The van der Waals surface area contributed by atoms with Crippen LogP contribution in [0, 0.1) is 0 Å². The summed E-state index contributed by atoms with van der Waals surface area (Å²) < 4.78 is 0. The minimum atomic E-state index is -0.538. The molecule has 1 amide bonds. The standard InChI is InChI=1S/C8H9NO2S/c9-8(11)7-5(10)3-6(12-7)4-1-2-4/h3-4,10H,1-2H2,(H2,9,11). The molecular formula is C8H9NO2S. The molecule has 0 atom stereocenters. The summed E-state index contributed by atoms with van der Waals surface area (Å²) >= 11 is 1.31. The Labute approximate surface area is 73.8 Å². The van der Waals surface area contributed by atoms with Gasteiger partial charge in [0.15, 0.2) is 0 Å². The molecule has 1 saturated carbocycles. The molecule has 3 nitrogen and oxygen atoms in total. The second kappa shape index (κ2) is 2.48. The van der Waals surface area contributed by atoms with Gasteiger partial charge >= 0.3 is 0 Å². The van der Waals surface area contributed by atoms with E-state index in [-0.39, 0.29) is 10.6 Å². The average molecular weight is 183 g/mol. The van der Waals surface area contributed by atoms with Crippen molar-refractivity contribution >= 4 is 17.2 Å². The zero-order valence-electron chi connectivity index (χ0n) is 6.41. The van der Waals surface area contributed by atoms with E-state index in [9.17, 15) is 9.90 Å². The molecule has 0 bridgehead atoms. The van der Waals surface area contributed by atoms with Crippen LogP contribution in [0.5, 0.6) is 5.75 Å². The molecule has 1 aromatic heterocycles. The van der Waals surface area contributed by atoms with E-state index in [0.717, 1.165) is 17.7 Å². The Hall–Kier alpha value is -1.03. The van der Waals surface area contributed by atoms with E-state index in [1.165, 1.54) is 11.3 Å². The maximum absolute atomic E-state index is 10.8. The minimum Gasteiger partial charge on any atom is -0.506 e. The summed E-state index contributed by atoms with van der Waals surface area (Å²) in [7, 11) is 0. The van der Waals surface area contributed by atoms with E-state index >= 15 is 0 Å². The molecule has 0 radical (unpaired) electrons. The van der Waals surface area contributed by atoms with Crippen LogP contribution in [0.15, 0.2) is 6.07 Å². The van der Waals surface area contributed by atoms with Crippen molar-refractivity contribution < 1.29 is 9.90 Å². The molecule has 1 aromatic rings. The number of carbonyl (C=O) groups excluding carboxylic acids is 1. The van der Waals surface area contributed by atoms with Crippen LogP contribution in [0.3, 0.4) is 0 Å². The van der Waals surface area contributed by atoms with Crippen LogP contribution in [0.2, 0.25) is 0 Å². The van der Waals surface area contributed by atoms with Crippen LogP contribution in [0.1, 0.15) is 33.3 Å². The Bertz CT molecular complexity index is 328. The number of hydrogen-bond acceptors (Lipinski definition) is 3. The highest BCUT2D eigenvalue weighted by Crippen LogP contribution is 2.45. The number of thiophene rings is 1. The molecule has 12 heavy (non-hydrogen) atoms. The van der Waals surface area contributed by atoms with Crippen molar-refractivity contribution in [1.82, 2.24) is 0 Å². The predicted octanol–water partition coefficient (Wildman–Crippen LogP) is 1.43. The lowest BCUT2D eigenvalue weighted by Crippen LogP contribution is -2.08. The Balaban J connectivity index is 2.36. The molecule has 1 heterocycles. The van der Waals surface area contributed by atoms with Crippen molar-refractivity contribution in [3.05, 3.63) is 15.8 Å². The van der Waals surface area contributed by atoms with Gasteiger partial charge in [-0.1, -0.05) is 0 Å². The van der Waals surface area contributed by atoms with Crippen molar-refractivity contribution in [3.8, 4) is 5.75 Å². The number of aromatic hydroxyl groups is 1. The normalized spacial score (nSPS) is 16.3. The van der Waals surface area contributed by atoms with Crippen LogP contribution in [0.25, 0.3) is 0 Å². The maximum Gasteiger partial charge on any atom is 0.262 e. The van der Waals surface area contributed by atoms with Gasteiger partial charge < -0.3 is 10.8 Å². The third-order valence-electron chi connectivity index (χ3n) is 1.94. The lowest BCUT2D eigenvalue weighted by Gasteiger charge is -1.87. The second-order valence-corrected chi connectivity index (χ2v) is 4.09. The van der Waals surface area contributed by atoms with Crippen molar-refractivity contribution in [1.29, 1.82) is 0 Å². The largest absolute Gasteiger partial charge is 0.506 e. The van der Waals surface area contributed by atoms with E-state index in [1.54, 1.807) is 6.07 Å². The molecular weight excluding hydrogens is 174 g/mol. The molecule has 3 N–H and O–H groups in total. The number of carbonyl (C=O) groups is 1. The van der Waals surface area contributed by atoms with E-state index in [4.69, 9.17) is 5.73 Å². The number of rotatable bonds is 2. The first-order valence-electron chi connectivity index (χ1n) is 3.81. The maximum atomic E-state index is 10.8. The Morgan fingerprint density at radius 1 is 1.67 bits per heavy atom. The molecule has 4 heteroatoms. The molecule has 0 spiro atoms. The summed E-state index contributed by atoms with van der Waals surface area (Å²) in [6, 6.07) is 1.66. The average Bonchev–Trinajstić information content (AvgIpc) is 2.75. The fraction of sp³-hybridized carbons (Fsp3) is 0.375. The van der Waals surface area contributed by atoms with Crippen molar-refractivity contribution in [2.75, 3.05) is 0 Å². The van der Waals surface area contributed by atoms with Gasteiger partial charge in [0.2, 0.25) is 0 Å². The van der Waals surface area contributed by atoms with Gasteiger partial charge in [0.25, 0.3) is 5.91 Å². The van der Waals surface area contributed by atoms with Gasteiger partial charge in [0.05, 0.1) is 0 Å². The number of nitrogens with two attached hydrogens (primary N) is 1. The van der Waals surface area contributed by atoms with Crippen LogP contribution < -0.4 is 5.73 Å². The smallest absolute Gasteiger partial charge is 0.262 e. The van der Waals surface area contributed by atoms with E-state index < -0.39 is 5.91 Å². The number of primary amides is 1. The third-order valence-corrected chi connectivity index (χ3v) is 3.24. The van der Waals surface area contributed by atoms with Gasteiger partial charge in [-0.25, -0.2) is 0 Å². The van der Waals surface area contributed by atoms with Gasteiger partial charge in [-0.05, 0) is 24.8 Å². The second-order valence-electron chi connectivity index (χ2n) is 3.00. The number of amides is 1. The quantitative estimate of drug-likeness (QED) is 0.728. The Kier molecular flexibility index (Phi) is 1.58. The highest BCUT2D eigenvalue weighted by Gasteiger charge is 2.27. The lowest BCUT2D eigenvalue weighted by atomic mass is 10.3. The zero-order valence-corrected chi connectivity index (χ0v) is 7.23. The summed E-state index contributed by atoms with van der Waals surface area (Å²) in [5.74, 6) is 0.0628. The summed E-state index contributed by atoms with van der Waals surface area (Å²) in [5.41, 5.74) is 5.06. The molecule has 0 saturated heterocycles. The highest BCUT2D eigenvalue weighted by molar-refractivity contribution is 7.14. The topological polar surface area (TPSA) is 63.3 Å². The fourth-order valence-corrected chi connectivity index (χ4v) is 2.22. The molecule has 1 aliphatic carbocycles. The zero-order chi connectivity index (χ0) is 8.72. The Morgan fingerprint density at radius 2 is 2.33 bits per heavy atom. The molecule has 0 aromatic carbocycles. The van der Waals surface area contributed by atoms with Gasteiger partial charge in [0, 0.05) is 4.88 Å². The number of hydrogen-bond donors (Lipinski definition) is 2.